The fourth-order valence-electron chi connectivity index (χ4n) is 7.80. The van der Waals surface area contributed by atoms with Gasteiger partial charge in [-0.1, -0.05) is 6.42 Å². The van der Waals surface area contributed by atoms with Crippen LogP contribution in [0.4, 0.5) is 9.59 Å². The Morgan fingerprint density at radius 1 is 0.623 bits per heavy atom. The Bertz CT molecular complexity index is 1110. The summed E-state index contributed by atoms with van der Waals surface area (Å²) in [5, 5.41) is 5.73. The molecule has 0 aromatic carbocycles. The van der Waals surface area contributed by atoms with E-state index in [1.54, 1.807) is 0 Å². The molecule has 0 aromatic heterocycles. The highest BCUT2D eigenvalue weighted by Crippen LogP contribution is 2.48. The van der Waals surface area contributed by atoms with Crippen molar-refractivity contribution in [1.82, 2.24) is 10.6 Å². The first kappa shape index (κ1) is 48.7. The molecule has 0 spiro atoms. The van der Waals surface area contributed by atoms with Gasteiger partial charge in [-0.2, -0.15) is 0 Å². The Kier molecular flexibility index (Phi) is 18.7. The van der Waals surface area contributed by atoms with E-state index < -0.39 is 68.0 Å². The molecule has 53 heavy (non-hydrogen) atoms. The number of alkyl carbamates (subject to hydrolysis) is 2. The zero-order valence-corrected chi connectivity index (χ0v) is 42.2. The largest absolute Gasteiger partial charge is 0.449 e. The molecular formula is C35H78N2O10Si6. The summed E-state index contributed by atoms with van der Waals surface area (Å²) in [6.07, 6.45) is 5.02. The fourth-order valence-corrected chi connectivity index (χ4v) is 32.2. The molecule has 2 rings (SSSR count). The van der Waals surface area contributed by atoms with Crippen LogP contribution < -0.4 is 10.6 Å². The molecule has 2 saturated carbocycles. The van der Waals surface area contributed by atoms with Gasteiger partial charge in [0.15, 0.2) is 33.3 Å². The third kappa shape index (κ3) is 20.5. The molecule has 0 radical (unpaired) electrons. The van der Waals surface area contributed by atoms with Gasteiger partial charge in [-0.3, -0.25) is 0 Å². The smallest absolute Gasteiger partial charge is 0.407 e. The molecular weight excluding hydrogens is 777 g/mol. The molecule has 4 atom stereocenters. The molecule has 18 heteroatoms. The van der Waals surface area contributed by atoms with Crippen LogP contribution in [0.5, 0.6) is 0 Å². The van der Waals surface area contributed by atoms with Crippen molar-refractivity contribution in [1.29, 1.82) is 0 Å². The van der Waals surface area contributed by atoms with Gasteiger partial charge in [0.2, 0.25) is 0 Å². The summed E-state index contributed by atoms with van der Waals surface area (Å²) in [4.78, 5) is 25.8. The Morgan fingerprint density at radius 2 is 1.11 bits per heavy atom. The third-order valence-corrected chi connectivity index (χ3v) is 27.6. The average Bonchev–Trinajstić information content (AvgIpc) is 3.57. The molecule has 0 saturated heterocycles. The van der Waals surface area contributed by atoms with Gasteiger partial charge in [-0.15, -0.1) is 0 Å². The molecule has 2 aliphatic carbocycles. The number of carbonyl (C=O) groups is 2. The minimum absolute atomic E-state index is 0.0546. The van der Waals surface area contributed by atoms with Crippen molar-refractivity contribution in [3.05, 3.63) is 0 Å². The lowest BCUT2D eigenvalue weighted by molar-refractivity contribution is -0.0773. The summed E-state index contributed by atoms with van der Waals surface area (Å²) in [5.41, 5.74) is -0.979. The van der Waals surface area contributed by atoms with Gasteiger partial charge in [0.25, 0.3) is 0 Å². The van der Waals surface area contributed by atoms with Crippen molar-refractivity contribution in [2.45, 2.75) is 137 Å². The first-order valence-corrected chi connectivity index (χ1v) is 38.6. The van der Waals surface area contributed by atoms with Crippen molar-refractivity contribution in [3.63, 3.8) is 0 Å². The van der Waals surface area contributed by atoms with Crippen LogP contribution in [0.2, 0.25) is 97.7 Å². The normalized spacial score (nSPS) is 21.0. The lowest BCUT2D eigenvalue weighted by atomic mass is 9.89. The zero-order chi connectivity index (χ0) is 40.4. The highest BCUT2D eigenvalue weighted by Gasteiger charge is 2.44. The number of rotatable bonds is 25. The number of amides is 2. The number of hydrogen-bond acceptors (Lipinski definition) is 10. The van der Waals surface area contributed by atoms with E-state index in [0.29, 0.717) is 31.5 Å². The lowest BCUT2D eigenvalue weighted by Gasteiger charge is -2.39. The van der Waals surface area contributed by atoms with E-state index in [1.807, 2.05) is 6.92 Å². The SMILES string of the molecule is CCNC(=O)OCC(COCCC[Si](C)(O[Si](C)(C)C)O[Si](C)(C)C)(COC[Si](C)(O[Si](C)(C)C)O[Si](C)(C)C)COC(=O)NCC1CC2CCC1C2. The predicted octanol–water partition coefficient (Wildman–Crippen LogP) is 8.39. The van der Waals surface area contributed by atoms with Crippen molar-refractivity contribution in [2.24, 2.45) is 23.2 Å². The van der Waals surface area contributed by atoms with Crippen LogP contribution in [0.15, 0.2) is 0 Å². The summed E-state index contributed by atoms with van der Waals surface area (Å²) in [6.45, 7) is 33.9. The Labute approximate surface area is 329 Å². The molecule has 4 unspecified atom stereocenters. The van der Waals surface area contributed by atoms with E-state index >= 15 is 0 Å². The Balaban J connectivity index is 2.25. The van der Waals surface area contributed by atoms with Gasteiger partial charge in [0.05, 0.1) is 24.9 Å². The van der Waals surface area contributed by atoms with Crippen molar-refractivity contribution in [3.8, 4) is 0 Å². The minimum atomic E-state index is -2.76. The molecule has 2 fully saturated rings. The maximum atomic E-state index is 13.2. The Hall–Kier alpha value is -0.399. The van der Waals surface area contributed by atoms with E-state index in [9.17, 15) is 9.59 Å². The molecule has 2 aliphatic rings. The number of carbonyl (C=O) groups excluding carboxylic acids is 2. The van der Waals surface area contributed by atoms with Gasteiger partial charge >= 0.3 is 29.3 Å². The summed E-state index contributed by atoms with van der Waals surface area (Å²) in [5.74, 6) is 1.99. The predicted molar refractivity (Wildman–Crippen MR) is 228 cm³/mol. The lowest BCUT2D eigenvalue weighted by Crippen LogP contribution is -2.56. The topological polar surface area (TPSA) is 132 Å². The highest BCUT2D eigenvalue weighted by atomic mass is 28.5. The van der Waals surface area contributed by atoms with Crippen molar-refractivity contribution >= 4 is 62.6 Å². The van der Waals surface area contributed by atoms with Crippen LogP contribution in [0.1, 0.15) is 39.0 Å². The molecule has 2 bridgehead atoms. The molecule has 0 aromatic rings. The first-order chi connectivity index (χ1) is 24.1. The fraction of sp³-hybridized carbons (Fsp3) is 0.943. The second-order valence-electron chi connectivity index (χ2n) is 19.8. The second kappa shape index (κ2) is 20.3. The van der Waals surface area contributed by atoms with Crippen LogP contribution in [0.25, 0.3) is 0 Å². The van der Waals surface area contributed by atoms with E-state index in [2.05, 4.69) is 102 Å². The number of nitrogens with one attached hydrogen (secondary N) is 2. The minimum Gasteiger partial charge on any atom is -0.449 e. The standard InChI is InChI=1S/C35H78N2O10Si6/c1-16-36-33(38)42-27-35(26-41-29-53(15,46-50(8,9)10)47-51(11,12)13,28-43-34(39)37-24-32-23-30-18-19-31(32)22-30)25-40-20-17-21-52(14,44-48(2,3)4)45-49(5,6)7/h30-32H,16-29H2,1-15H3,(H,36,38)(H,37,39). The average molecular weight is 856 g/mol. The molecule has 0 heterocycles. The number of fused-ring (bicyclic) bond motifs is 2. The summed E-state index contributed by atoms with van der Waals surface area (Å²) in [7, 11) is -12.8. The van der Waals surface area contributed by atoms with E-state index in [4.69, 9.17) is 35.4 Å². The maximum absolute atomic E-state index is 13.2. The molecule has 12 nitrogen and oxygen atoms in total. The number of ether oxygens (including phenoxy) is 4. The summed E-state index contributed by atoms with van der Waals surface area (Å²) in [6, 6.07) is 0.800. The van der Waals surface area contributed by atoms with Crippen LogP contribution >= 0.6 is 0 Å². The van der Waals surface area contributed by atoms with Gasteiger partial charge < -0.3 is 46.0 Å². The summed E-state index contributed by atoms with van der Waals surface area (Å²) < 4.78 is 51.3. The first-order valence-electron chi connectivity index (χ1n) is 19.9. The quantitative estimate of drug-likeness (QED) is 0.0682. The van der Waals surface area contributed by atoms with Gasteiger partial charge in [-0.05, 0) is 148 Å². The van der Waals surface area contributed by atoms with E-state index in [1.165, 1.54) is 25.7 Å². The van der Waals surface area contributed by atoms with Crippen LogP contribution in [0.3, 0.4) is 0 Å². The zero-order valence-electron chi connectivity index (χ0n) is 36.2. The molecule has 312 valence electrons. The summed E-state index contributed by atoms with van der Waals surface area (Å²) >= 11 is 0. The molecule has 0 aliphatic heterocycles. The highest BCUT2D eigenvalue weighted by molar-refractivity contribution is 6.88. The molecule has 2 amide bonds. The molecule has 2 N–H and O–H groups in total. The van der Waals surface area contributed by atoms with E-state index in [-0.39, 0.29) is 32.7 Å². The van der Waals surface area contributed by atoms with Gasteiger partial charge in [-0.25, -0.2) is 9.59 Å². The third-order valence-electron chi connectivity index (χ3n) is 8.92. The van der Waals surface area contributed by atoms with Gasteiger partial charge in [0.1, 0.15) is 13.2 Å². The Morgan fingerprint density at radius 3 is 1.57 bits per heavy atom. The monoisotopic (exact) mass is 854 g/mol. The van der Waals surface area contributed by atoms with Crippen molar-refractivity contribution < 1.29 is 45.0 Å². The van der Waals surface area contributed by atoms with Crippen LogP contribution in [0, 0.1) is 23.2 Å². The van der Waals surface area contributed by atoms with Gasteiger partial charge in [0, 0.05) is 19.7 Å². The second-order valence-corrected chi connectivity index (χ2v) is 45.3. The number of hydrogen-bond donors (Lipinski definition) is 2. The maximum Gasteiger partial charge on any atom is 0.407 e. The van der Waals surface area contributed by atoms with E-state index in [0.717, 1.165) is 18.4 Å². The van der Waals surface area contributed by atoms with Crippen molar-refractivity contribution in [2.75, 3.05) is 52.4 Å². The van der Waals surface area contributed by atoms with Crippen LogP contribution in [-0.2, 0) is 35.4 Å². The van der Waals surface area contributed by atoms with Crippen LogP contribution in [-0.4, -0.2) is 115 Å².